The zero-order chi connectivity index (χ0) is 15.2. The van der Waals surface area contributed by atoms with E-state index in [9.17, 15) is 4.79 Å². The Bertz CT molecular complexity index is 492. The van der Waals surface area contributed by atoms with Crippen LogP contribution in [0.4, 0.5) is 0 Å². The van der Waals surface area contributed by atoms with Gasteiger partial charge < -0.3 is 10.2 Å². The predicted octanol–water partition coefficient (Wildman–Crippen LogP) is 2.90. The second-order valence-electron chi connectivity index (χ2n) is 5.63. The van der Waals surface area contributed by atoms with Crippen molar-refractivity contribution in [1.29, 1.82) is 0 Å². The van der Waals surface area contributed by atoms with Crippen molar-refractivity contribution >= 4 is 17.5 Å². The number of likely N-dealkylation sites (tertiary alicyclic amines) is 1. The first-order chi connectivity index (χ1) is 10.1. The summed E-state index contributed by atoms with van der Waals surface area (Å²) in [4.78, 5) is 19.0. The molecule has 1 saturated heterocycles. The van der Waals surface area contributed by atoms with Crippen molar-refractivity contribution in [3.05, 3.63) is 28.5 Å². The molecule has 0 aliphatic carbocycles. The fraction of sp³-hybridized carbons (Fsp3) is 0.625. The Kier molecular flexibility index (Phi) is 6.00. The Morgan fingerprint density at radius 1 is 1.48 bits per heavy atom. The van der Waals surface area contributed by atoms with Crippen LogP contribution in [-0.2, 0) is 6.42 Å². The number of amides is 1. The Morgan fingerprint density at radius 3 is 3.00 bits per heavy atom. The van der Waals surface area contributed by atoms with E-state index in [0.29, 0.717) is 10.7 Å². The molecule has 1 aliphatic heterocycles. The number of halogens is 1. The van der Waals surface area contributed by atoms with E-state index in [1.165, 1.54) is 0 Å². The van der Waals surface area contributed by atoms with Gasteiger partial charge in [-0.3, -0.25) is 4.79 Å². The van der Waals surface area contributed by atoms with E-state index < -0.39 is 0 Å². The standard InChI is InChI=1S/C16H24ClN3O/c1-3-6-13-9-12(10-15(17)18-13)16(21)19-14-7-5-8-20(4-2)11-14/h9-10,14H,3-8,11H2,1-2H3,(H,19,21). The van der Waals surface area contributed by atoms with Crippen molar-refractivity contribution in [3.63, 3.8) is 0 Å². The zero-order valence-corrected chi connectivity index (χ0v) is 13.6. The van der Waals surface area contributed by atoms with Crippen LogP contribution in [0.1, 0.15) is 49.2 Å². The van der Waals surface area contributed by atoms with Crippen molar-refractivity contribution in [2.24, 2.45) is 0 Å². The molecule has 1 N–H and O–H groups in total. The molecular formula is C16H24ClN3O. The average Bonchev–Trinajstić information content (AvgIpc) is 2.47. The van der Waals surface area contributed by atoms with Crippen molar-refractivity contribution in [1.82, 2.24) is 15.2 Å². The van der Waals surface area contributed by atoms with Crippen LogP contribution in [0, 0.1) is 0 Å². The summed E-state index contributed by atoms with van der Waals surface area (Å²) < 4.78 is 0. The van der Waals surface area contributed by atoms with Gasteiger partial charge in [0, 0.05) is 23.8 Å². The number of hydrogen-bond donors (Lipinski definition) is 1. The number of aryl methyl sites for hydroxylation is 1. The van der Waals surface area contributed by atoms with E-state index in [1.54, 1.807) is 6.07 Å². The van der Waals surface area contributed by atoms with Gasteiger partial charge in [-0.05, 0) is 44.5 Å². The lowest BCUT2D eigenvalue weighted by molar-refractivity contribution is 0.0905. The monoisotopic (exact) mass is 309 g/mol. The summed E-state index contributed by atoms with van der Waals surface area (Å²) in [5, 5.41) is 3.52. The number of carbonyl (C=O) groups excluding carboxylic acids is 1. The lowest BCUT2D eigenvalue weighted by atomic mass is 10.0. The first-order valence-electron chi connectivity index (χ1n) is 7.82. The maximum Gasteiger partial charge on any atom is 0.251 e. The maximum atomic E-state index is 12.4. The lowest BCUT2D eigenvalue weighted by Crippen LogP contribution is -2.47. The summed E-state index contributed by atoms with van der Waals surface area (Å²) in [6.07, 6.45) is 4.01. The van der Waals surface area contributed by atoms with Crippen LogP contribution in [0.2, 0.25) is 5.15 Å². The average molecular weight is 310 g/mol. The number of nitrogens with one attached hydrogen (secondary N) is 1. The topological polar surface area (TPSA) is 45.2 Å². The second kappa shape index (κ2) is 7.76. The van der Waals surface area contributed by atoms with Crippen LogP contribution in [0.3, 0.4) is 0 Å². The Balaban J connectivity index is 2.02. The number of likely N-dealkylation sites (N-methyl/N-ethyl adjacent to an activating group) is 1. The number of rotatable bonds is 5. The molecule has 0 radical (unpaired) electrons. The largest absolute Gasteiger partial charge is 0.348 e. The highest BCUT2D eigenvalue weighted by Gasteiger charge is 2.21. The van der Waals surface area contributed by atoms with Crippen molar-refractivity contribution in [2.45, 2.75) is 45.6 Å². The fourth-order valence-electron chi connectivity index (χ4n) is 2.80. The third kappa shape index (κ3) is 4.68. The number of carbonyl (C=O) groups is 1. The molecule has 116 valence electrons. The lowest BCUT2D eigenvalue weighted by Gasteiger charge is -2.32. The highest BCUT2D eigenvalue weighted by atomic mass is 35.5. The van der Waals surface area contributed by atoms with Gasteiger partial charge in [0.15, 0.2) is 0 Å². The second-order valence-corrected chi connectivity index (χ2v) is 6.01. The molecule has 0 saturated carbocycles. The van der Waals surface area contributed by atoms with Gasteiger partial charge in [0.2, 0.25) is 0 Å². The predicted molar refractivity (Wildman–Crippen MR) is 85.8 cm³/mol. The summed E-state index contributed by atoms with van der Waals surface area (Å²) >= 11 is 6.02. The number of nitrogens with zero attached hydrogens (tertiary/aromatic N) is 2. The van der Waals surface area contributed by atoms with Gasteiger partial charge in [-0.15, -0.1) is 0 Å². The number of hydrogen-bond acceptors (Lipinski definition) is 3. The van der Waals surface area contributed by atoms with Crippen LogP contribution < -0.4 is 5.32 Å². The molecule has 1 aromatic heterocycles. The number of piperidine rings is 1. The van der Waals surface area contributed by atoms with Gasteiger partial charge in [-0.2, -0.15) is 0 Å². The molecule has 0 aromatic carbocycles. The molecule has 1 amide bonds. The summed E-state index contributed by atoms with van der Waals surface area (Å²) in [5.74, 6) is -0.0420. The molecule has 1 fully saturated rings. The summed E-state index contributed by atoms with van der Waals surface area (Å²) in [5.41, 5.74) is 1.50. The number of pyridine rings is 1. The van der Waals surface area contributed by atoms with Crippen LogP contribution in [0.25, 0.3) is 0 Å². The van der Waals surface area contributed by atoms with Crippen LogP contribution in [-0.4, -0.2) is 41.5 Å². The molecule has 2 heterocycles. The third-order valence-corrected chi connectivity index (χ3v) is 4.10. The van der Waals surface area contributed by atoms with Crippen LogP contribution in [0.5, 0.6) is 0 Å². The quantitative estimate of drug-likeness (QED) is 0.851. The summed E-state index contributed by atoms with van der Waals surface area (Å²) in [6.45, 7) is 7.34. The molecule has 5 heteroatoms. The molecule has 1 aliphatic rings. The van der Waals surface area contributed by atoms with E-state index in [1.807, 2.05) is 6.07 Å². The molecule has 1 aromatic rings. The van der Waals surface area contributed by atoms with Crippen LogP contribution in [0.15, 0.2) is 12.1 Å². The third-order valence-electron chi connectivity index (χ3n) is 3.90. The molecule has 2 rings (SSSR count). The molecule has 21 heavy (non-hydrogen) atoms. The van der Waals surface area contributed by atoms with Gasteiger partial charge in [0.25, 0.3) is 5.91 Å². The Hall–Kier alpha value is -1.13. The highest BCUT2D eigenvalue weighted by Crippen LogP contribution is 2.14. The number of aromatic nitrogens is 1. The minimum Gasteiger partial charge on any atom is -0.348 e. The van der Waals surface area contributed by atoms with Crippen LogP contribution >= 0.6 is 11.6 Å². The van der Waals surface area contributed by atoms with Gasteiger partial charge in [0.05, 0.1) is 0 Å². The molecule has 0 bridgehead atoms. The molecule has 0 spiro atoms. The van der Waals surface area contributed by atoms with E-state index in [4.69, 9.17) is 11.6 Å². The fourth-order valence-corrected chi connectivity index (χ4v) is 3.02. The maximum absolute atomic E-state index is 12.4. The molecule has 1 atom stereocenters. The van der Waals surface area contributed by atoms with Crippen molar-refractivity contribution < 1.29 is 4.79 Å². The van der Waals surface area contributed by atoms with E-state index in [2.05, 4.69) is 29.0 Å². The zero-order valence-electron chi connectivity index (χ0n) is 12.9. The highest BCUT2D eigenvalue weighted by molar-refractivity contribution is 6.29. The molecule has 1 unspecified atom stereocenters. The van der Waals surface area contributed by atoms with Gasteiger partial charge in [-0.25, -0.2) is 4.98 Å². The Morgan fingerprint density at radius 2 is 2.29 bits per heavy atom. The summed E-state index contributed by atoms with van der Waals surface area (Å²) in [7, 11) is 0. The first-order valence-corrected chi connectivity index (χ1v) is 8.19. The SMILES string of the molecule is CCCc1cc(C(=O)NC2CCCN(CC)C2)cc(Cl)n1. The van der Waals surface area contributed by atoms with E-state index >= 15 is 0 Å². The van der Waals surface area contributed by atoms with Crippen molar-refractivity contribution in [2.75, 3.05) is 19.6 Å². The molecule has 4 nitrogen and oxygen atoms in total. The minimum absolute atomic E-state index is 0.0420. The van der Waals surface area contributed by atoms with Crippen molar-refractivity contribution in [3.8, 4) is 0 Å². The van der Waals surface area contributed by atoms with Gasteiger partial charge >= 0.3 is 0 Å². The van der Waals surface area contributed by atoms with E-state index in [-0.39, 0.29) is 11.9 Å². The Labute approximate surface area is 131 Å². The minimum atomic E-state index is -0.0420. The normalized spacial score (nSPS) is 19.5. The smallest absolute Gasteiger partial charge is 0.251 e. The summed E-state index contributed by atoms with van der Waals surface area (Å²) in [6, 6.07) is 3.73. The molecular weight excluding hydrogens is 286 g/mol. The van der Waals surface area contributed by atoms with Gasteiger partial charge in [-0.1, -0.05) is 31.9 Å². The van der Waals surface area contributed by atoms with Gasteiger partial charge in [0.1, 0.15) is 5.15 Å². The van der Waals surface area contributed by atoms with E-state index in [0.717, 1.165) is 51.0 Å². The first kappa shape index (κ1) is 16.2.